The largest absolute Gasteiger partial charge is 0.393 e. The number of hydrogen-bond acceptors (Lipinski definition) is 5. The van der Waals surface area contributed by atoms with E-state index < -0.39 is 37.1 Å². The van der Waals surface area contributed by atoms with Gasteiger partial charge < -0.3 is 25.2 Å². The van der Waals surface area contributed by atoms with Crippen molar-refractivity contribution < 1.29 is 33.9 Å². The molecule has 0 aromatic rings. The van der Waals surface area contributed by atoms with E-state index in [1.807, 2.05) is 0 Å². The van der Waals surface area contributed by atoms with Gasteiger partial charge in [-0.25, -0.2) is 8.78 Å². The Morgan fingerprint density at radius 2 is 1.77 bits per heavy atom. The third kappa shape index (κ3) is 1.65. The predicted molar refractivity (Wildman–Crippen MR) is 34.9 cm³/mol. The van der Waals surface area contributed by atoms with Crippen LogP contribution in [0.25, 0.3) is 0 Å². The molecule has 7 heteroatoms. The van der Waals surface area contributed by atoms with Crippen molar-refractivity contribution in [2.24, 2.45) is 0 Å². The first-order chi connectivity index (χ1) is 5.91. The van der Waals surface area contributed by atoms with Gasteiger partial charge in [-0.15, -0.1) is 0 Å². The summed E-state index contributed by atoms with van der Waals surface area (Å²) in [5.74, 6) is -3.77. The molecule has 1 fully saturated rings. The second kappa shape index (κ2) is 3.43. The molecular formula is C6H10F2O5. The molecule has 1 aliphatic rings. The highest BCUT2D eigenvalue weighted by Gasteiger charge is 2.56. The van der Waals surface area contributed by atoms with Crippen molar-refractivity contribution in [2.75, 3.05) is 6.61 Å². The van der Waals surface area contributed by atoms with E-state index in [4.69, 9.17) is 20.4 Å². The van der Waals surface area contributed by atoms with Gasteiger partial charge in [-0.1, -0.05) is 0 Å². The Morgan fingerprint density at radius 1 is 1.23 bits per heavy atom. The predicted octanol–water partition coefficient (Wildman–Crippen LogP) is -1.95. The molecule has 1 aliphatic heterocycles. The van der Waals surface area contributed by atoms with E-state index in [-0.39, 0.29) is 0 Å². The molecule has 0 saturated carbocycles. The first kappa shape index (κ1) is 10.7. The standard InChI is InChI=1S/C6H10F2O5/c7-6(8)2(1-9)13-5(12)3(10)4(6)11/h2-5,9-12H,1H2/t2-,3-,4+,5?/m1/s1. The molecule has 1 unspecified atom stereocenters. The van der Waals surface area contributed by atoms with E-state index in [2.05, 4.69) is 4.74 Å². The number of alkyl halides is 2. The lowest BCUT2D eigenvalue weighted by molar-refractivity contribution is -0.334. The zero-order valence-electron chi connectivity index (χ0n) is 6.47. The highest BCUT2D eigenvalue weighted by Crippen LogP contribution is 2.33. The summed E-state index contributed by atoms with van der Waals surface area (Å²) < 4.78 is 29.9. The molecule has 0 aromatic heterocycles. The number of aliphatic hydroxyl groups excluding tert-OH is 4. The van der Waals surface area contributed by atoms with Gasteiger partial charge in [-0.3, -0.25) is 0 Å². The molecule has 0 radical (unpaired) electrons. The minimum atomic E-state index is -3.77. The molecule has 0 amide bonds. The summed E-state index contributed by atoms with van der Waals surface area (Å²) in [4.78, 5) is 0. The highest BCUT2D eigenvalue weighted by molar-refractivity contribution is 4.94. The molecule has 0 aromatic carbocycles. The molecule has 78 valence electrons. The molecule has 4 atom stereocenters. The van der Waals surface area contributed by atoms with Crippen LogP contribution in [0, 0.1) is 0 Å². The molecule has 0 aliphatic carbocycles. The number of hydrogen-bond donors (Lipinski definition) is 4. The van der Waals surface area contributed by atoms with Gasteiger partial charge in [-0.05, 0) is 0 Å². The molecule has 1 saturated heterocycles. The van der Waals surface area contributed by atoms with Crippen LogP contribution in [-0.2, 0) is 4.74 Å². The second-order valence-corrected chi connectivity index (χ2v) is 2.81. The lowest BCUT2D eigenvalue weighted by Gasteiger charge is -2.39. The third-order valence-corrected chi connectivity index (χ3v) is 1.91. The summed E-state index contributed by atoms with van der Waals surface area (Å²) in [5, 5.41) is 34.9. The van der Waals surface area contributed by atoms with E-state index in [0.717, 1.165) is 0 Å². The van der Waals surface area contributed by atoms with Crippen molar-refractivity contribution in [1.82, 2.24) is 0 Å². The zero-order valence-corrected chi connectivity index (χ0v) is 6.47. The monoisotopic (exact) mass is 200 g/mol. The van der Waals surface area contributed by atoms with Gasteiger partial charge in [0.1, 0.15) is 12.2 Å². The van der Waals surface area contributed by atoms with Crippen molar-refractivity contribution in [1.29, 1.82) is 0 Å². The number of rotatable bonds is 1. The van der Waals surface area contributed by atoms with Crippen LogP contribution in [0.15, 0.2) is 0 Å². The van der Waals surface area contributed by atoms with Crippen LogP contribution in [-0.4, -0.2) is 57.6 Å². The molecule has 4 N–H and O–H groups in total. The van der Waals surface area contributed by atoms with Crippen LogP contribution in [0.5, 0.6) is 0 Å². The Kier molecular flexibility index (Phi) is 2.83. The van der Waals surface area contributed by atoms with E-state index in [0.29, 0.717) is 0 Å². The molecule has 0 bridgehead atoms. The van der Waals surface area contributed by atoms with E-state index in [9.17, 15) is 8.78 Å². The van der Waals surface area contributed by atoms with Crippen molar-refractivity contribution >= 4 is 0 Å². The lowest BCUT2D eigenvalue weighted by atomic mass is 9.98. The summed E-state index contributed by atoms with van der Waals surface area (Å²) in [6, 6.07) is 0. The molecular weight excluding hydrogens is 190 g/mol. The SMILES string of the molecule is OC[C@H]1OC(O)[C@H](O)[C@H](O)C1(F)F. The van der Waals surface area contributed by atoms with Gasteiger partial charge in [0.2, 0.25) is 0 Å². The Hall–Kier alpha value is -0.340. The minimum absolute atomic E-state index is 1.05. The van der Waals surface area contributed by atoms with Gasteiger partial charge in [-0.2, -0.15) is 0 Å². The number of ether oxygens (including phenoxy) is 1. The van der Waals surface area contributed by atoms with Gasteiger partial charge >= 0.3 is 5.92 Å². The van der Waals surface area contributed by atoms with Crippen LogP contribution in [0.4, 0.5) is 8.78 Å². The van der Waals surface area contributed by atoms with Gasteiger partial charge in [0.05, 0.1) is 6.61 Å². The third-order valence-electron chi connectivity index (χ3n) is 1.91. The Bertz CT molecular complexity index is 184. The quantitative estimate of drug-likeness (QED) is 0.395. The lowest BCUT2D eigenvalue weighted by Crippen LogP contribution is -2.62. The summed E-state index contributed by atoms with van der Waals surface area (Å²) in [6.07, 6.45) is -8.42. The van der Waals surface area contributed by atoms with E-state index in [1.165, 1.54) is 0 Å². The maximum absolute atomic E-state index is 12.9. The van der Waals surface area contributed by atoms with Gasteiger partial charge in [0.25, 0.3) is 0 Å². The summed E-state index contributed by atoms with van der Waals surface area (Å²) >= 11 is 0. The molecule has 1 heterocycles. The molecule has 13 heavy (non-hydrogen) atoms. The normalized spacial score (nSPS) is 44.8. The first-order valence-corrected chi connectivity index (χ1v) is 3.59. The maximum atomic E-state index is 12.9. The van der Waals surface area contributed by atoms with Crippen LogP contribution in [0.3, 0.4) is 0 Å². The molecule has 1 rings (SSSR count). The van der Waals surface area contributed by atoms with Crippen molar-refractivity contribution in [2.45, 2.75) is 30.5 Å². The van der Waals surface area contributed by atoms with Gasteiger partial charge in [0.15, 0.2) is 12.4 Å². The fraction of sp³-hybridized carbons (Fsp3) is 1.00. The number of halogens is 2. The molecule has 5 nitrogen and oxygen atoms in total. The Labute approximate surface area is 72.2 Å². The van der Waals surface area contributed by atoms with Crippen LogP contribution in [0.2, 0.25) is 0 Å². The minimum Gasteiger partial charge on any atom is -0.393 e. The Morgan fingerprint density at radius 3 is 2.23 bits per heavy atom. The van der Waals surface area contributed by atoms with Crippen molar-refractivity contribution in [3.8, 4) is 0 Å². The first-order valence-electron chi connectivity index (χ1n) is 3.59. The maximum Gasteiger partial charge on any atom is 0.304 e. The van der Waals surface area contributed by atoms with Crippen LogP contribution >= 0.6 is 0 Å². The summed E-state index contributed by atoms with van der Waals surface area (Å²) in [7, 11) is 0. The number of aliphatic hydroxyl groups is 4. The average molecular weight is 200 g/mol. The van der Waals surface area contributed by atoms with Crippen molar-refractivity contribution in [3.63, 3.8) is 0 Å². The fourth-order valence-electron chi connectivity index (χ4n) is 1.08. The van der Waals surface area contributed by atoms with Crippen molar-refractivity contribution in [3.05, 3.63) is 0 Å². The zero-order chi connectivity index (χ0) is 10.2. The Balaban J connectivity index is 2.82. The van der Waals surface area contributed by atoms with Gasteiger partial charge in [0, 0.05) is 0 Å². The smallest absolute Gasteiger partial charge is 0.304 e. The molecule has 0 spiro atoms. The van der Waals surface area contributed by atoms with Crippen LogP contribution < -0.4 is 0 Å². The second-order valence-electron chi connectivity index (χ2n) is 2.81. The van der Waals surface area contributed by atoms with E-state index >= 15 is 0 Å². The summed E-state index contributed by atoms with van der Waals surface area (Å²) in [5.41, 5.74) is 0. The van der Waals surface area contributed by atoms with Crippen LogP contribution in [0.1, 0.15) is 0 Å². The highest BCUT2D eigenvalue weighted by atomic mass is 19.3. The average Bonchev–Trinajstić information content (AvgIpc) is 2.08. The topological polar surface area (TPSA) is 90.2 Å². The fourth-order valence-corrected chi connectivity index (χ4v) is 1.08. The summed E-state index contributed by atoms with van der Waals surface area (Å²) in [6.45, 7) is -1.05. The van der Waals surface area contributed by atoms with E-state index in [1.54, 1.807) is 0 Å².